The highest BCUT2D eigenvalue weighted by Gasteiger charge is 2.23. The summed E-state index contributed by atoms with van der Waals surface area (Å²) >= 11 is 0. The molecule has 0 atom stereocenters. The lowest BCUT2D eigenvalue weighted by molar-refractivity contribution is 0.250. The predicted octanol–water partition coefficient (Wildman–Crippen LogP) is 4.02. The van der Waals surface area contributed by atoms with Crippen molar-refractivity contribution >= 4 is 39.8 Å². The van der Waals surface area contributed by atoms with Gasteiger partial charge in [0, 0.05) is 25.4 Å². The van der Waals surface area contributed by atoms with Crippen LogP contribution in [-0.2, 0) is 16.3 Å². The highest BCUT2D eigenvalue weighted by Crippen LogP contribution is 2.29. The average Bonchev–Trinajstić information content (AvgIpc) is 2.62. The Morgan fingerprint density at radius 2 is 1.75 bits per heavy atom. The molecule has 0 spiro atoms. The predicted molar refractivity (Wildman–Crippen MR) is 128 cm³/mol. The van der Waals surface area contributed by atoms with E-state index >= 15 is 0 Å². The van der Waals surface area contributed by atoms with Crippen molar-refractivity contribution in [3.63, 3.8) is 0 Å². The summed E-state index contributed by atoms with van der Waals surface area (Å²) in [5.41, 5.74) is 1.10. The lowest BCUT2D eigenvalue weighted by Gasteiger charge is -2.32. The maximum atomic E-state index is 11.5. The van der Waals surface area contributed by atoms with E-state index in [-0.39, 0.29) is 24.0 Å². The van der Waals surface area contributed by atoms with Crippen LogP contribution in [0.1, 0.15) is 52.0 Å². The summed E-state index contributed by atoms with van der Waals surface area (Å²) < 4.78 is 23.1. The molecular formula is C21H36IN3O2S. The molecule has 1 saturated carbocycles. The van der Waals surface area contributed by atoms with E-state index in [1.165, 1.54) is 31.9 Å². The topological polar surface area (TPSA) is 70.6 Å². The van der Waals surface area contributed by atoms with Crippen LogP contribution >= 0.6 is 24.0 Å². The quantitative estimate of drug-likeness (QED) is 0.323. The van der Waals surface area contributed by atoms with Crippen molar-refractivity contribution in [2.45, 2.75) is 63.8 Å². The molecule has 1 aliphatic rings. The molecule has 160 valence electrons. The Morgan fingerprint density at radius 3 is 2.25 bits per heavy atom. The van der Waals surface area contributed by atoms with Crippen LogP contribution < -0.4 is 10.6 Å². The second-order valence-corrected chi connectivity index (χ2v) is 9.94. The highest BCUT2D eigenvalue weighted by molar-refractivity contribution is 14.0. The largest absolute Gasteiger partial charge is 0.357 e. The molecule has 2 rings (SSSR count). The second-order valence-electron chi connectivity index (χ2n) is 7.93. The fourth-order valence-electron chi connectivity index (χ4n) is 3.64. The molecule has 0 heterocycles. The summed E-state index contributed by atoms with van der Waals surface area (Å²) in [6.07, 6.45) is 7.03. The van der Waals surface area contributed by atoms with E-state index in [1.807, 2.05) is 12.1 Å². The van der Waals surface area contributed by atoms with E-state index in [9.17, 15) is 8.42 Å². The van der Waals surface area contributed by atoms with Gasteiger partial charge >= 0.3 is 0 Å². The maximum Gasteiger partial charge on any atom is 0.191 e. The molecule has 1 aromatic carbocycles. The molecule has 28 heavy (non-hydrogen) atoms. The van der Waals surface area contributed by atoms with Gasteiger partial charge in [0.05, 0.1) is 4.90 Å². The van der Waals surface area contributed by atoms with Gasteiger partial charge in [-0.05, 0) is 68.6 Å². The zero-order valence-corrected chi connectivity index (χ0v) is 20.7. The first-order valence-electron chi connectivity index (χ1n) is 10.1. The molecule has 0 aromatic heterocycles. The first-order chi connectivity index (χ1) is 12.8. The van der Waals surface area contributed by atoms with Crippen LogP contribution in [0.25, 0.3) is 0 Å². The van der Waals surface area contributed by atoms with Gasteiger partial charge in [0.15, 0.2) is 15.8 Å². The van der Waals surface area contributed by atoms with Gasteiger partial charge in [0.2, 0.25) is 0 Å². The molecule has 0 bridgehead atoms. The van der Waals surface area contributed by atoms with Gasteiger partial charge in [-0.1, -0.05) is 26.0 Å². The Labute approximate surface area is 188 Å². The Bertz CT molecular complexity index is 710. The van der Waals surface area contributed by atoms with Gasteiger partial charge in [0.1, 0.15) is 0 Å². The SMILES string of the molecule is CCNC(=NCCc1ccc(S(C)(=O)=O)cc1)NC1CCC(C(C)C)CC1.I. The first-order valence-corrected chi connectivity index (χ1v) is 12.0. The molecule has 1 fully saturated rings. The molecule has 2 N–H and O–H groups in total. The van der Waals surface area contributed by atoms with Gasteiger partial charge in [-0.2, -0.15) is 0 Å². The van der Waals surface area contributed by atoms with Gasteiger partial charge in [-0.3, -0.25) is 4.99 Å². The van der Waals surface area contributed by atoms with E-state index in [4.69, 9.17) is 4.99 Å². The fourth-order valence-corrected chi connectivity index (χ4v) is 4.27. The summed E-state index contributed by atoms with van der Waals surface area (Å²) in [6.45, 7) is 8.25. The third-order valence-electron chi connectivity index (χ3n) is 5.42. The summed E-state index contributed by atoms with van der Waals surface area (Å²) in [6, 6.07) is 7.60. The van der Waals surface area contributed by atoms with Gasteiger partial charge in [-0.25, -0.2) is 8.42 Å². The molecule has 0 saturated heterocycles. The highest BCUT2D eigenvalue weighted by atomic mass is 127. The number of nitrogens with zero attached hydrogens (tertiary/aromatic N) is 1. The number of halogens is 1. The molecule has 0 unspecified atom stereocenters. The molecule has 0 amide bonds. The maximum absolute atomic E-state index is 11.5. The van der Waals surface area contributed by atoms with E-state index in [2.05, 4.69) is 31.4 Å². The summed E-state index contributed by atoms with van der Waals surface area (Å²) in [7, 11) is -3.13. The van der Waals surface area contributed by atoms with Crippen molar-refractivity contribution in [3.8, 4) is 0 Å². The van der Waals surface area contributed by atoms with Crippen molar-refractivity contribution in [1.82, 2.24) is 10.6 Å². The van der Waals surface area contributed by atoms with Crippen LogP contribution in [0.5, 0.6) is 0 Å². The lowest BCUT2D eigenvalue weighted by Crippen LogP contribution is -2.45. The number of sulfone groups is 1. The summed E-state index contributed by atoms with van der Waals surface area (Å²) in [5.74, 6) is 2.53. The van der Waals surface area contributed by atoms with Crippen LogP contribution in [0.15, 0.2) is 34.2 Å². The number of guanidine groups is 1. The molecular weight excluding hydrogens is 485 g/mol. The number of nitrogens with one attached hydrogen (secondary N) is 2. The molecule has 1 aliphatic carbocycles. The number of aliphatic imine (C=N–C) groups is 1. The van der Waals surface area contributed by atoms with Crippen molar-refractivity contribution < 1.29 is 8.42 Å². The third-order valence-corrected chi connectivity index (χ3v) is 6.55. The van der Waals surface area contributed by atoms with Crippen LogP contribution in [-0.4, -0.2) is 39.8 Å². The number of hydrogen-bond donors (Lipinski definition) is 2. The minimum atomic E-state index is -3.13. The minimum absolute atomic E-state index is 0. The third kappa shape index (κ3) is 8.27. The Morgan fingerprint density at radius 1 is 1.14 bits per heavy atom. The van der Waals surface area contributed by atoms with E-state index in [0.717, 1.165) is 36.3 Å². The van der Waals surface area contributed by atoms with Crippen LogP contribution in [0, 0.1) is 11.8 Å². The van der Waals surface area contributed by atoms with Gasteiger partial charge < -0.3 is 10.6 Å². The Kier molecular flexibility index (Phi) is 10.8. The number of hydrogen-bond acceptors (Lipinski definition) is 3. The molecule has 0 radical (unpaired) electrons. The van der Waals surface area contributed by atoms with Crippen molar-refractivity contribution in [3.05, 3.63) is 29.8 Å². The lowest BCUT2D eigenvalue weighted by atomic mass is 9.80. The zero-order valence-electron chi connectivity index (χ0n) is 17.6. The average molecular weight is 522 g/mol. The smallest absolute Gasteiger partial charge is 0.191 e. The molecule has 7 heteroatoms. The number of rotatable bonds is 7. The first kappa shape index (κ1) is 25.2. The van der Waals surface area contributed by atoms with Crippen LogP contribution in [0.2, 0.25) is 0 Å². The van der Waals surface area contributed by atoms with Crippen LogP contribution in [0.4, 0.5) is 0 Å². The summed E-state index contributed by atoms with van der Waals surface area (Å²) in [4.78, 5) is 5.07. The monoisotopic (exact) mass is 521 g/mol. The Balaban J connectivity index is 0.00000392. The zero-order chi connectivity index (χ0) is 19.9. The Hall–Kier alpha value is -0.830. The molecule has 5 nitrogen and oxygen atoms in total. The van der Waals surface area contributed by atoms with E-state index < -0.39 is 9.84 Å². The number of benzene rings is 1. The van der Waals surface area contributed by atoms with E-state index in [1.54, 1.807) is 12.1 Å². The van der Waals surface area contributed by atoms with Crippen molar-refractivity contribution in [1.29, 1.82) is 0 Å². The molecule has 0 aliphatic heterocycles. The fraction of sp³-hybridized carbons (Fsp3) is 0.667. The van der Waals surface area contributed by atoms with Crippen molar-refractivity contribution in [2.75, 3.05) is 19.3 Å². The van der Waals surface area contributed by atoms with Gasteiger partial charge in [0.25, 0.3) is 0 Å². The van der Waals surface area contributed by atoms with Crippen molar-refractivity contribution in [2.24, 2.45) is 16.8 Å². The summed E-state index contributed by atoms with van der Waals surface area (Å²) in [5, 5.41) is 6.93. The van der Waals surface area contributed by atoms with E-state index in [0.29, 0.717) is 17.5 Å². The second kappa shape index (κ2) is 12.0. The normalized spacial score (nSPS) is 20.5. The minimum Gasteiger partial charge on any atom is -0.357 e. The standard InChI is InChI=1S/C21H35N3O2S.HI/c1-5-22-21(24-19-10-8-18(9-11-19)16(2)3)23-15-14-17-6-12-20(13-7-17)27(4,25)26;/h6-7,12-13,16,18-19H,5,8-11,14-15H2,1-4H3,(H2,22,23,24);1H. The molecule has 1 aromatic rings. The van der Waals surface area contributed by atoms with Gasteiger partial charge in [-0.15, -0.1) is 24.0 Å². The van der Waals surface area contributed by atoms with Crippen LogP contribution in [0.3, 0.4) is 0 Å².